The second-order valence-corrected chi connectivity index (χ2v) is 5.05. The van der Waals surface area contributed by atoms with Gasteiger partial charge < -0.3 is 15.2 Å². The number of aryl methyl sites for hydroxylation is 1. The summed E-state index contributed by atoms with van der Waals surface area (Å²) in [5.74, 6) is 0.0838. The Morgan fingerprint density at radius 1 is 1.65 bits per heavy atom. The van der Waals surface area contributed by atoms with Crippen LogP contribution >= 0.6 is 28.3 Å². The van der Waals surface area contributed by atoms with Crippen molar-refractivity contribution in [2.75, 3.05) is 13.1 Å². The number of carbonyl (C=O) groups excluding carboxylic acids is 1. The third kappa shape index (κ3) is 3.03. The lowest BCUT2D eigenvalue weighted by Crippen LogP contribution is -2.33. The zero-order valence-corrected chi connectivity index (χ0v) is 12.1. The third-order valence-electron chi connectivity index (χ3n) is 2.93. The number of aromatic nitrogens is 1. The van der Waals surface area contributed by atoms with Crippen LogP contribution in [0.3, 0.4) is 0 Å². The Balaban J connectivity index is 0.00000144. The van der Waals surface area contributed by atoms with Crippen LogP contribution in [0.1, 0.15) is 23.8 Å². The van der Waals surface area contributed by atoms with Gasteiger partial charge in [0.1, 0.15) is 5.69 Å². The summed E-state index contributed by atoms with van der Waals surface area (Å²) < 4.78 is 2.90. The van der Waals surface area contributed by atoms with E-state index in [9.17, 15) is 4.79 Å². The molecule has 1 aromatic heterocycles. The topological polar surface area (TPSA) is 51.3 Å². The van der Waals surface area contributed by atoms with Crippen molar-refractivity contribution in [1.29, 1.82) is 0 Å². The number of halogens is 2. The SMILES string of the molecule is CCn1cc(Br)cc1C(=O)N1CC[C@@H](N)C1.Cl. The van der Waals surface area contributed by atoms with Gasteiger partial charge in [-0.25, -0.2) is 0 Å². The fourth-order valence-electron chi connectivity index (χ4n) is 2.05. The number of carbonyl (C=O) groups is 1. The molecular weight excluding hydrogens is 305 g/mol. The number of hydrogen-bond acceptors (Lipinski definition) is 2. The minimum atomic E-state index is 0. The van der Waals surface area contributed by atoms with Crippen molar-refractivity contribution in [2.24, 2.45) is 5.73 Å². The third-order valence-corrected chi connectivity index (χ3v) is 3.37. The van der Waals surface area contributed by atoms with Crippen molar-refractivity contribution in [2.45, 2.75) is 25.9 Å². The van der Waals surface area contributed by atoms with E-state index in [2.05, 4.69) is 15.9 Å². The molecule has 0 bridgehead atoms. The molecule has 0 aliphatic carbocycles. The largest absolute Gasteiger partial charge is 0.343 e. The Kier molecular flexibility index (Phi) is 5.04. The van der Waals surface area contributed by atoms with Gasteiger partial charge in [-0.05, 0) is 35.3 Å². The minimum absolute atomic E-state index is 0. The highest BCUT2D eigenvalue weighted by molar-refractivity contribution is 9.10. The van der Waals surface area contributed by atoms with Crippen molar-refractivity contribution >= 4 is 34.2 Å². The van der Waals surface area contributed by atoms with E-state index >= 15 is 0 Å². The first-order valence-corrected chi connectivity index (χ1v) is 6.31. The molecule has 6 heteroatoms. The van der Waals surface area contributed by atoms with E-state index in [1.54, 1.807) is 0 Å². The second kappa shape index (κ2) is 5.89. The molecule has 2 rings (SSSR count). The van der Waals surface area contributed by atoms with Gasteiger partial charge in [-0.3, -0.25) is 4.79 Å². The lowest BCUT2D eigenvalue weighted by atomic mass is 10.3. The average Bonchev–Trinajstić information content (AvgIpc) is 2.83. The molecule has 1 aromatic rings. The molecule has 1 amide bonds. The molecule has 1 saturated heterocycles. The maximum absolute atomic E-state index is 12.2. The summed E-state index contributed by atoms with van der Waals surface area (Å²) in [7, 11) is 0. The van der Waals surface area contributed by atoms with Crippen molar-refractivity contribution < 1.29 is 4.79 Å². The molecule has 1 aliphatic rings. The zero-order valence-electron chi connectivity index (χ0n) is 9.73. The zero-order chi connectivity index (χ0) is 11.7. The summed E-state index contributed by atoms with van der Waals surface area (Å²) in [5, 5.41) is 0. The van der Waals surface area contributed by atoms with Crippen LogP contribution in [0.25, 0.3) is 0 Å². The maximum atomic E-state index is 12.2. The van der Waals surface area contributed by atoms with E-state index in [1.165, 1.54) is 0 Å². The van der Waals surface area contributed by atoms with Crippen LogP contribution in [0, 0.1) is 0 Å². The first kappa shape index (κ1) is 14.5. The van der Waals surface area contributed by atoms with Gasteiger partial charge in [0.15, 0.2) is 0 Å². The van der Waals surface area contributed by atoms with Gasteiger partial charge in [-0.2, -0.15) is 0 Å². The smallest absolute Gasteiger partial charge is 0.270 e. The van der Waals surface area contributed by atoms with Crippen molar-refractivity contribution in [3.63, 3.8) is 0 Å². The van der Waals surface area contributed by atoms with E-state index in [0.717, 1.165) is 29.7 Å². The fraction of sp³-hybridized carbons (Fsp3) is 0.545. The predicted octanol–water partition coefficient (Wildman–Crippen LogP) is 1.87. The van der Waals surface area contributed by atoms with E-state index in [1.807, 2.05) is 28.7 Å². The summed E-state index contributed by atoms with van der Waals surface area (Å²) >= 11 is 3.40. The van der Waals surface area contributed by atoms with Gasteiger partial charge in [0.05, 0.1) is 0 Å². The summed E-state index contributed by atoms with van der Waals surface area (Å²) in [5.41, 5.74) is 6.55. The van der Waals surface area contributed by atoms with Crippen LogP contribution < -0.4 is 5.73 Å². The molecule has 2 heterocycles. The molecule has 1 atom stereocenters. The van der Waals surface area contributed by atoms with E-state index in [0.29, 0.717) is 6.54 Å². The molecular formula is C11H17BrClN3O. The number of hydrogen-bond donors (Lipinski definition) is 1. The maximum Gasteiger partial charge on any atom is 0.270 e. The van der Waals surface area contributed by atoms with Gasteiger partial charge in [-0.15, -0.1) is 12.4 Å². The number of rotatable bonds is 2. The van der Waals surface area contributed by atoms with E-state index in [-0.39, 0.29) is 24.4 Å². The van der Waals surface area contributed by atoms with Crippen LogP contribution in [0.2, 0.25) is 0 Å². The van der Waals surface area contributed by atoms with Crippen molar-refractivity contribution in [3.05, 3.63) is 22.4 Å². The molecule has 0 aromatic carbocycles. The molecule has 1 fully saturated rings. The molecule has 0 radical (unpaired) electrons. The molecule has 0 saturated carbocycles. The molecule has 17 heavy (non-hydrogen) atoms. The summed E-state index contributed by atoms with van der Waals surface area (Å²) in [4.78, 5) is 14.0. The Labute approximate surface area is 116 Å². The van der Waals surface area contributed by atoms with Crippen LogP contribution in [0.5, 0.6) is 0 Å². The summed E-state index contributed by atoms with van der Waals surface area (Å²) in [6.45, 7) is 4.27. The number of amides is 1. The van der Waals surface area contributed by atoms with Crippen LogP contribution in [-0.4, -0.2) is 34.5 Å². The highest BCUT2D eigenvalue weighted by Crippen LogP contribution is 2.18. The van der Waals surface area contributed by atoms with Gasteiger partial charge >= 0.3 is 0 Å². The molecule has 0 unspecified atom stereocenters. The van der Waals surface area contributed by atoms with Gasteiger partial charge in [-0.1, -0.05) is 0 Å². The van der Waals surface area contributed by atoms with Gasteiger partial charge in [0.2, 0.25) is 0 Å². The quantitative estimate of drug-likeness (QED) is 0.903. The van der Waals surface area contributed by atoms with Crippen LogP contribution in [-0.2, 0) is 6.54 Å². The Hall–Kier alpha value is -0.520. The predicted molar refractivity (Wildman–Crippen MR) is 73.5 cm³/mol. The molecule has 4 nitrogen and oxygen atoms in total. The molecule has 2 N–H and O–H groups in total. The standard InChI is InChI=1S/C11H16BrN3O.ClH/c1-2-14-6-8(12)5-10(14)11(16)15-4-3-9(13)7-15;/h5-6,9H,2-4,7,13H2,1H3;1H/t9-;/m1./s1. The normalized spacial score (nSPS) is 19.2. The van der Waals surface area contributed by atoms with Crippen molar-refractivity contribution in [1.82, 2.24) is 9.47 Å². The first-order chi connectivity index (χ1) is 7.61. The molecule has 1 aliphatic heterocycles. The average molecular weight is 323 g/mol. The lowest BCUT2D eigenvalue weighted by Gasteiger charge is -2.16. The lowest BCUT2D eigenvalue weighted by molar-refractivity contribution is 0.0780. The highest BCUT2D eigenvalue weighted by atomic mass is 79.9. The van der Waals surface area contributed by atoms with E-state index in [4.69, 9.17) is 5.73 Å². The number of likely N-dealkylation sites (tertiary alicyclic amines) is 1. The second-order valence-electron chi connectivity index (χ2n) is 4.13. The first-order valence-electron chi connectivity index (χ1n) is 5.52. The molecule has 96 valence electrons. The highest BCUT2D eigenvalue weighted by Gasteiger charge is 2.26. The van der Waals surface area contributed by atoms with Gasteiger partial charge in [0, 0.05) is 36.3 Å². The minimum Gasteiger partial charge on any atom is -0.343 e. The number of nitrogens with two attached hydrogens (primary N) is 1. The van der Waals surface area contributed by atoms with Crippen LogP contribution in [0.15, 0.2) is 16.7 Å². The number of nitrogens with zero attached hydrogens (tertiary/aromatic N) is 2. The summed E-state index contributed by atoms with van der Waals surface area (Å²) in [6.07, 6.45) is 2.84. The fourth-order valence-corrected chi connectivity index (χ4v) is 2.51. The Morgan fingerprint density at radius 3 is 2.88 bits per heavy atom. The summed E-state index contributed by atoms with van der Waals surface area (Å²) in [6, 6.07) is 2.01. The monoisotopic (exact) mass is 321 g/mol. The Morgan fingerprint density at radius 2 is 2.35 bits per heavy atom. The van der Waals surface area contributed by atoms with Gasteiger partial charge in [0.25, 0.3) is 5.91 Å². The Bertz CT molecular complexity index is 407. The van der Waals surface area contributed by atoms with Crippen LogP contribution in [0.4, 0.5) is 0 Å². The molecule has 0 spiro atoms. The van der Waals surface area contributed by atoms with E-state index < -0.39 is 0 Å². The van der Waals surface area contributed by atoms with Crippen molar-refractivity contribution in [3.8, 4) is 0 Å².